The molecule has 0 aliphatic rings. The highest BCUT2D eigenvalue weighted by atomic mass is 14.2. The van der Waals surface area contributed by atoms with E-state index in [0.29, 0.717) is 0 Å². The number of nitrogens with zero attached hydrogens (tertiary/aromatic N) is 1. The lowest BCUT2D eigenvalue weighted by Crippen LogP contribution is -1.77. The highest BCUT2D eigenvalue weighted by molar-refractivity contribution is 5.01. The van der Waals surface area contributed by atoms with Gasteiger partial charge in [-0.2, -0.15) is 5.26 Å². The van der Waals surface area contributed by atoms with Gasteiger partial charge in [0.05, 0.1) is 6.07 Å². The minimum atomic E-state index is 1.06. The van der Waals surface area contributed by atoms with Crippen molar-refractivity contribution in [2.75, 3.05) is 0 Å². The number of hydrogen-bond acceptors (Lipinski definition) is 1. The van der Waals surface area contributed by atoms with Crippen LogP contribution < -0.4 is 0 Å². The Labute approximate surface area is 88.1 Å². The van der Waals surface area contributed by atoms with Crippen LogP contribution in [0.25, 0.3) is 0 Å². The van der Waals surface area contributed by atoms with Gasteiger partial charge in [-0.1, -0.05) is 37.5 Å². The maximum absolute atomic E-state index is 8.25. The third-order valence-corrected chi connectivity index (χ3v) is 2.17. The van der Waals surface area contributed by atoms with E-state index in [4.69, 9.17) is 5.26 Å². The van der Waals surface area contributed by atoms with Crippen LogP contribution >= 0.6 is 0 Å². The van der Waals surface area contributed by atoms with Crippen molar-refractivity contribution < 1.29 is 0 Å². The summed E-state index contributed by atoms with van der Waals surface area (Å²) >= 11 is 0. The molecule has 0 heterocycles. The first-order valence-corrected chi connectivity index (χ1v) is 5.57. The van der Waals surface area contributed by atoms with E-state index in [-0.39, 0.29) is 0 Å². The van der Waals surface area contributed by atoms with E-state index in [2.05, 4.69) is 19.1 Å². The summed E-state index contributed by atoms with van der Waals surface area (Å²) in [4.78, 5) is 0. The van der Waals surface area contributed by atoms with E-state index in [1.54, 1.807) is 6.08 Å². The average Bonchev–Trinajstić information content (AvgIpc) is 2.21. The summed E-state index contributed by atoms with van der Waals surface area (Å²) in [6.07, 6.45) is 16.7. The van der Waals surface area contributed by atoms with Crippen molar-refractivity contribution in [3.63, 3.8) is 0 Å². The topological polar surface area (TPSA) is 23.8 Å². The number of hydrogen-bond donors (Lipinski definition) is 0. The molecule has 0 bridgehead atoms. The van der Waals surface area contributed by atoms with Gasteiger partial charge in [-0.05, 0) is 32.6 Å². The Hall–Kier alpha value is -1.03. The van der Waals surface area contributed by atoms with Crippen molar-refractivity contribution >= 4 is 0 Å². The second-order valence-electron chi connectivity index (χ2n) is 3.45. The monoisotopic (exact) mass is 191 g/mol. The molecular formula is C13H21N. The van der Waals surface area contributed by atoms with E-state index >= 15 is 0 Å². The molecule has 78 valence electrons. The Morgan fingerprint density at radius 1 is 0.929 bits per heavy atom. The Bertz CT molecular complexity index is 196. The van der Waals surface area contributed by atoms with Crippen molar-refractivity contribution in [1.82, 2.24) is 0 Å². The zero-order valence-electron chi connectivity index (χ0n) is 9.21. The summed E-state index contributed by atoms with van der Waals surface area (Å²) in [5.41, 5.74) is 0. The van der Waals surface area contributed by atoms with Gasteiger partial charge in [0.1, 0.15) is 0 Å². The molecule has 0 rings (SSSR count). The van der Waals surface area contributed by atoms with E-state index in [1.165, 1.54) is 38.5 Å². The van der Waals surface area contributed by atoms with Gasteiger partial charge in [-0.3, -0.25) is 0 Å². The molecule has 0 unspecified atom stereocenters. The van der Waals surface area contributed by atoms with Crippen LogP contribution in [0.3, 0.4) is 0 Å². The minimum absolute atomic E-state index is 1.06. The summed E-state index contributed by atoms with van der Waals surface area (Å²) in [6, 6.07) is 2.00. The molecule has 0 radical (unpaired) electrons. The molecule has 0 aliphatic heterocycles. The second kappa shape index (κ2) is 12.0. The first kappa shape index (κ1) is 13.0. The van der Waals surface area contributed by atoms with Crippen LogP contribution in [0.2, 0.25) is 0 Å². The first-order valence-electron chi connectivity index (χ1n) is 5.57. The molecular weight excluding hydrogens is 170 g/mol. The Balaban J connectivity index is 3.00. The van der Waals surface area contributed by atoms with Crippen LogP contribution in [0.4, 0.5) is 0 Å². The molecule has 0 N–H and O–H groups in total. The fourth-order valence-electron chi connectivity index (χ4n) is 1.36. The summed E-state index contributed by atoms with van der Waals surface area (Å²) < 4.78 is 0. The fourth-order valence-corrected chi connectivity index (χ4v) is 1.36. The molecule has 0 fully saturated rings. The fraction of sp³-hybridized carbons (Fsp3) is 0.615. The molecule has 0 atom stereocenters. The minimum Gasteiger partial charge on any atom is -0.193 e. The van der Waals surface area contributed by atoms with Gasteiger partial charge in [-0.15, -0.1) is 0 Å². The summed E-state index contributed by atoms with van der Waals surface area (Å²) in [6.45, 7) is 2.07. The number of nitriles is 1. The molecule has 0 amide bonds. The number of allylic oxidation sites excluding steroid dienone is 4. The van der Waals surface area contributed by atoms with Crippen LogP contribution in [0.1, 0.15) is 51.9 Å². The predicted octanol–water partition coefficient (Wildman–Crippen LogP) is 4.37. The maximum Gasteiger partial charge on any atom is 0.0908 e. The quantitative estimate of drug-likeness (QED) is 0.317. The van der Waals surface area contributed by atoms with Crippen LogP contribution in [0.5, 0.6) is 0 Å². The smallest absolute Gasteiger partial charge is 0.0908 e. The van der Waals surface area contributed by atoms with Gasteiger partial charge in [0.15, 0.2) is 0 Å². The summed E-state index contributed by atoms with van der Waals surface area (Å²) in [5, 5.41) is 8.25. The van der Waals surface area contributed by atoms with Crippen molar-refractivity contribution in [3.05, 3.63) is 24.3 Å². The van der Waals surface area contributed by atoms with E-state index in [0.717, 1.165) is 6.42 Å². The lowest BCUT2D eigenvalue weighted by atomic mass is 10.1. The third-order valence-electron chi connectivity index (χ3n) is 2.17. The summed E-state index contributed by atoms with van der Waals surface area (Å²) in [7, 11) is 0. The Morgan fingerprint density at radius 2 is 1.50 bits per heavy atom. The molecule has 0 aromatic heterocycles. The standard InChI is InChI=1S/C13H21N/c1-2-3-4-5-6-7-8-9-10-11-12-13-14/h2-3,11-12H,4-10H2,1H3. The second-order valence-corrected chi connectivity index (χ2v) is 3.45. The number of unbranched alkanes of at least 4 members (excludes halogenated alkanes) is 6. The Kier molecular flexibility index (Phi) is 11.1. The molecule has 0 saturated heterocycles. The van der Waals surface area contributed by atoms with Crippen molar-refractivity contribution in [3.8, 4) is 6.07 Å². The van der Waals surface area contributed by atoms with Gasteiger partial charge in [0.2, 0.25) is 0 Å². The van der Waals surface area contributed by atoms with Crippen LogP contribution in [-0.2, 0) is 0 Å². The molecule has 0 aromatic carbocycles. The molecule has 1 heteroatoms. The van der Waals surface area contributed by atoms with Crippen LogP contribution in [0.15, 0.2) is 24.3 Å². The van der Waals surface area contributed by atoms with Gasteiger partial charge in [-0.25, -0.2) is 0 Å². The average molecular weight is 191 g/mol. The lowest BCUT2D eigenvalue weighted by Gasteiger charge is -1.97. The summed E-state index contributed by atoms with van der Waals surface area (Å²) in [5.74, 6) is 0. The third kappa shape index (κ3) is 11.0. The van der Waals surface area contributed by atoms with Crippen molar-refractivity contribution in [2.45, 2.75) is 51.9 Å². The van der Waals surface area contributed by atoms with Crippen LogP contribution in [0, 0.1) is 11.3 Å². The maximum atomic E-state index is 8.25. The van der Waals surface area contributed by atoms with Crippen molar-refractivity contribution in [2.24, 2.45) is 0 Å². The number of rotatable bonds is 8. The van der Waals surface area contributed by atoms with Crippen LogP contribution in [-0.4, -0.2) is 0 Å². The normalized spacial score (nSPS) is 11.1. The van der Waals surface area contributed by atoms with Crippen molar-refractivity contribution in [1.29, 1.82) is 5.26 Å². The highest BCUT2D eigenvalue weighted by Crippen LogP contribution is 2.07. The van der Waals surface area contributed by atoms with Gasteiger partial charge >= 0.3 is 0 Å². The van der Waals surface area contributed by atoms with Gasteiger partial charge in [0, 0.05) is 6.08 Å². The highest BCUT2D eigenvalue weighted by Gasteiger charge is 1.88. The zero-order chi connectivity index (χ0) is 10.5. The molecule has 1 nitrogen and oxygen atoms in total. The molecule has 14 heavy (non-hydrogen) atoms. The SMILES string of the molecule is CC=CCCCCCCCC=CC#N. The molecule has 0 spiro atoms. The molecule has 0 aliphatic carbocycles. The van der Waals surface area contributed by atoms with Gasteiger partial charge in [0.25, 0.3) is 0 Å². The molecule has 0 saturated carbocycles. The first-order chi connectivity index (χ1) is 6.91. The molecule has 0 aromatic rings. The van der Waals surface area contributed by atoms with E-state index in [1.807, 2.05) is 12.1 Å². The van der Waals surface area contributed by atoms with E-state index < -0.39 is 0 Å². The largest absolute Gasteiger partial charge is 0.193 e. The zero-order valence-corrected chi connectivity index (χ0v) is 9.21. The predicted molar refractivity (Wildman–Crippen MR) is 61.9 cm³/mol. The Morgan fingerprint density at radius 3 is 2.07 bits per heavy atom. The van der Waals surface area contributed by atoms with Gasteiger partial charge < -0.3 is 0 Å². The lowest BCUT2D eigenvalue weighted by molar-refractivity contribution is 0.622. The van der Waals surface area contributed by atoms with E-state index in [9.17, 15) is 0 Å².